The van der Waals surface area contributed by atoms with Crippen LogP contribution in [0.3, 0.4) is 0 Å². The summed E-state index contributed by atoms with van der Waals surface area (Å²) in [5, 5.41) is 3.91. The van der Waals surface area contributed by atoms with E-state index in [0.717, 1.165) is 10.6 Å². The number of halogens is 1. The van der Waals surface area contributed by atoms with Crippen molar-refractivity contribution in [3.8, 4) is 11.4 Å². The Kier molecular flexibility index (Phi) is 4.01. The summed E-state index contributed by atoms with van der Waals surface area (Å²) in [6.45, 7) is 1.88. The zero-order valence-electron chi connectivity index (χ0n) is 13.4. The third kappa shape index (κ3) is 3.02. The molecule has 0 fully saturated rings. The highest BCUT2D eigenvalue weighted by molar-refractivity contribution is 8.00. The number of rotatable bonds is 3. The predicted molar refractivity (Wildman–Crippen MR) is 92.8 cm³/mol. The summed E-state index contributed by atoms with van der Waals surface area (Å²) < 4.78 is 19.0. The first-order chi connectivity index (χ1) is 12.1. The van der Waals surface area contributed by atoms with Gasteiger partial charge in [0, 0.05) is 10.5 Å². The molecule has 0 aliphatic carbocycles. The third-order valence-corrected chi connectivity index (χ3v) is 5.05. The number of hydrogen-bond acceptors (Lipinski definition) is 5. The average Bonchev–Trinajstić information content (AvgIpc) is 3.08. The lowest BCUT2D eigenvalue weighted by molar-refractivity contribution is -0.116. The Morgan fingerprint density at radius 2 is 2.12 bits per heavy atom. The van der Waals surface area contributed by atoms with Gasteiger partial charge < -0.3 is 9.42 Å². The van der Waals surface area contributed by atoms with E-state index < -0.39 is 0 Å². The van der Waals surface area contributed by atoms with E-state index in [9.17, 15) is 9.18 Å². The normalized spacial score (nSPS) is 13.8. The standard InChI is InChI=1S/C18H14FN3O2S/c1-11-6-7-12(8-13(11)19)18-20-16(24-21-18)9-22-14-4-2-3-5-15(14)25-10-17(22)23/h2-8H,9-10H2,1H3. The summed E-state index contributed by atoms with van der Waals surface area (Å²) in [5.41, 5.74) is 1.93. The number of hydrogen-bond donors (Lipinski definition) is 0. The molecule has 3 aromatic rings. The van der Waals surface area contributed by atoms with E-state index >= 15 is 0 Å². The zero-order valence-corrected chi connectivity index (χ0v) is 14.2. The lowest BCUT2D eigenvalue weighted by Crippen LogP contribution is -2.34. The van der Waals surface area contributed by atoms with E-state index in [2.05, 4.69) is 10.1 Å². The SMILES string of the molecule is Cc1ccc(-c2noc(CN3C(=O)CSc4ccccc43)n2)cc1F. The molecule has 0 atom stereocenters. The number of aromatic nitrogens is 2. The molecule has 0 spiro atoms. The lowest BCUT2D eigenvalue weighted by atomic mass is 10.1. The number of para-hydroxylation sites is 1. The molecule has 0 bridgehead atoms. The number of benzene rings is 2. The van der Waals surface area contributed by atoms with E-state index in [-0.39, 0.29) is 18.3 Å². The fourth-order valence-corrected chi connectivity index (χ4v) is 3.57. The summed E-state index contributed by atoms with van der Waals surface area (Å²) in [7, 11) is 0. The van der Waals surface area contributed by atoms with Gasteiger partial charge in [0.1, 0.15) is 12.4 Å². The Hall–Kier alpha value is -2.67. The summed E-state index contributed by atoms with van der Waals surface area (Å²) in [5.74, 6) is 0.666. The molecule has 25 heavy (non-hydrogen) atoms. The molecule has 0 saturated heterocycles. The quantitative estimate of drug-likeness (QED) is 0.715. The van der Waals surface area contributed by atoms with Crippen molar-refractivity contribution in [2.24, 2.45) is 0 Å². The molecule has 5 nitrogen and oxygen atoms in total. The molecular formula is C18H14FN3O2S. The minimum absolute atomic E-state index is 0.00942. The van der Waals surface area contributed by atoms with Crippen molar-refractivity contribution in [1.82, 2.24) is 10.1 Å². The van der Waals surface area contributed by atoms with Gasteiger partial charge in [0.05, 0.1) is 11.4 Å². The van der Waals surface area contributed by atoms with Crippen molar-refractivity contribution in [2.75, 3.05) is 10.7 Å². The van der Waals surface area contributed by atoms with Crippen LogP contribution in [0.2, 0.25) is 0 Å². The van der Waals surface area contributed by atoms with Crippen molar-refractivity contribution in [1.29, 1.82) is 0 Å². The Balaban J connectivity index is 1.61. The van der Waals surface area contributed by atoms with Gasteiger partial charge in [-0.1, -0.05) is 29.4 Å². The van der Waals surface area contributed by atoms with Crippen LogP contribution in [0.4, 0.5) is 10.1 Å². The molecular weight excluding hydrogens is 341 g/mol. The largest absolute Gasteiger partial charge is 0.337 e. The van der Waals surface area contributed by atoms with Crippen molar-refractivity contribution >= 4 is 23.4 Å². The first-order valence-electron chi connectivity index (χ1n) is 7.73. The van der Waals surface area contributed by atoms with Crippen molar-refractivity contribution in [3.63, 3.8) is 0 Å². The molecule has 0 N–H and O–H groups in total. The molecule has 1 aromatic heterocycles. The number of aryl methyl sites for hydroxylation is 1. The summed E-state index contributed by atoms with van der Waals surface area (Å²) in [4.78, 5) is 19.3. The predicted octanol–water partition coefficient (Wildman–Crippen LogP) is 3.82. The highest BCUT2D eigenvalue weighted by atomic mass is 32.2. The Bertz CT molecular complexity index is 957. The maximum absolute atomic E-state index is 13.7. The maximum atomic E-state index is 13.7. The van der Waals surface area contributed by atoms with Crippen LogP contribution in [0.15, 0.2) is 51.9 Å². The molecule has 7 heteroatoms. The van der Waals surface area contributed by atoms with Crippen molar-refractivity contribution in [3.05, 3.63) is 59.7 Å². The molecule has 0 radical (unpaired) electrons. The Labute approximate surface area is 147 Å². The van der Waals surface area contributed by atoms with Gasteiger partial charge in [-0.25, -0.2) is 4.39 Å². The zero-order chi connectivity index (χ0) is 17.4. The van der Waals surface area contributed by atoms with Gasteiger partial charge in [-0.3, -0.25) is 4.79 Å². The molecule has 0 unspecified atom stereocenters. The van der Waals surface area contributed by atoms with Crippen LogP contribution in [0, 0.1) is 12.7 Å². The summed E-state index contributed by atoms with van der Waals surface area (Å²) in [6, 6.07) is 12.5. The van der Waals surface area contributed by atoms with Crippen LogP contribution < -0.4 is 4.90 Å². The van der Waals surface area contributed by atoms with Crippen LogP contribution in [-0.4, -0.2) is 21.8 Å². The topological polar surface area (TPSA) is 59.2 Å². The van der Waals surface area contributed by atoms with E-state index in [0.29, 0.717) is 28.6 Å². The Morgan fingerprint density at radius 3 is 2.96 bits per heavy atom. The minimum atomic E-state index is -0.319. The van der Waals surface area contributed by atoms with Crippen LogP contribution >= 0.6 is 11.8 Å². The van der Waals surface area contributed by atoms with Crippen LogP contribution in [0.25, 0.3) is 11.4 Å². The molecule has 2 aromatic carbocycles. The third-order valence-electron chi connectivity index (χ3n) is 4.00. The fraction of sp³-hybridized carbons (Fsp3) is 0.167. The highest BCUT2D eigenvalue weighted by Gasteiger charge is 2.26. The second kappa shape index (κ2) is 6.33. The van der Waals surface area contributed by atoms with Gasteiger partial charge in [-0.05, 0) is 30.7 Å². The molecule has 2 heterocycles. The number of carbonyl (C=O) groups excluding carboxylic acids is 1. The smallest absolute Gasteiger partial charge is 0.247 e. The van der Waals surface area contributed by atoms with E-state index in [4.69, 9.17) is 4.52 Å². The second-order valence-electron chi connectivity index (χ2n) is 5.71. The maximum Gasteiger partial charge on any atom is 0.247 e. The number of thioether (sulfide) groups is 1. The first-order valence-corrected chi connectivity index (χ1v) is 8.71. The number of amides is 1. The van der Waals surface area contributed by atoms with E-state index in [1.54, 1.807) is 24.0 Å². The van der Waals surface area contributed by atoms with Gasteiger partial charge in [-0.15, -0.1) is 11.8 Å². The minimum Gasteiger partial charge on any atom is -0.337 e. The molecule has 1 amide bonds. The fourth-order valence-electron chi connectivity index (χ4n) is 2.63. The van der Waals surface area contributed by atoms with Crippen LogP contribution in [-0.2, 0) is 11.3 Å². The summed E-state index contributed by atoms with van der Waals surface area (Å²) >= 11 is 1.52. The van der Waals surface area contributed by atoms with Gasteiger partial charge in [0.15, 0.2) is 0 Å². The molecule has 4 rings (SSSR count). The number of nitrogens with zero attached hydrogens (tertiary/aromatic N) is 3. The van der Waals surface area contributed by atoms with Crippen molar-refractivity contribution in [2.45, 2.75) is 18.4 Å². The Morgan fingerprint density at radius 1 is 1.28 bits per heavy atom. The molecule has 1 aliphatic rings. The van der Waals surface area contributed by atoms with Crippen molar-refractivity contribution < 1.29 is 13.7 Å². The number of fused-ring (bicyclic) bond motifs is 1. The first kappa shape index (κ1) is 15.8. The van der Waals surface area contributed by atoms with Crippen LogP contribution in [0.1, 0.15) is 11.5 Å². The van der Waals surface area contributed by atoms with E-state index in [1.165, 1.54) is 17.8 Å². The van der Waals surface area contributed by atoms with Gasteiger partial charge in [0.2, 0.25) is 17.6 Å². The highest BCUT2D eigenvalue weighted by Crippen LogP contribution is 2.35. The van der Waals surface area contributed by atoms with Crippen LogP contribution in [0.5, 0.6) is 0 Å². The van der Waals surface area contributed by atoms with Gasteiger partial charge >= 0.3 is 0 Å². The number of carbonyl (C=O) groups is 1. The number of anilines is 1. The second-order valence-corrected chi connectivity index (χ2v) is 6.73. The monoisotopic (exact) mass is 355 g/mol. The molecule has 126 valence electrons. The van der Waals surface area contributed by atoms with E-state index in [1.807, 2.05) is 24.3 Å². The molecule has 1 aliphatic heterocycles. The lowest BCUT2D eigenvalue weighted by Gasteiger charge is -2.27. The average molecular weight is 355 g/mol. The molecule has 0 saturated carbocycles. The van der Waals surface area contributed by atoms with Gasteiger partial charge in [0.25, 0.3) is 0 Å². The van der Waals surface area contributed by atoms with Gasteiger partial charge in [-0.2, -0.15) is 4.98 Å². The summed E-state index contributed by atoms with van der Waals surface area (Å²) in [6.07, 6.45) is 0.